The number of ether oxygens (including phenoxy) is 1. The van der Waals surface area contributed by atoms with Crippen molar-refractivity contribution in [2.75, 3.05) is 18.4 Å². The van der Waals surface area contributed by atoms with Crippen LogP contribution in [0, 0.1) is 12.7 Å². The maximum Gasteiger partial charge on any atom is 0.410 e. The van der Waals surface area contributed by atoms with Gasteiger partial charge in [-0.2, -0.15) is 0 Å². The number of halogens is 2. The number of carbonyl (C=O) groups is 1. The van der Waals surface area contributed by atoms with Crippen LogP contribution in [0.4, 0.5) is 15.0 Å². The molecule has 0 saturated carbocycles. The van der Waals surface area contributed by atoms with Crippen molar-refractivity contribution in [1.82, 2.24) is 9.88 Å². The number of nitrogens with zero attached hydrogens (tertiary/aromatic N) is 2. The Bertz CT molecular complexity index is 1180. The summed E-state index contributed by atoms with van der Waals surface area (Å²) in [5.74, 6) is 0.351. The molecular weight excluding hydrogens is 429 g/mol. The molecule has 0 bridgehead atoms. The third-order valence-electron chi connectivity index (χ3n) is 5.72. The highest BCUT2D eigenvalue weighted by atomic mass is 35.5. The number of nitrogens with one attached hydrogen (secondary N) is 1. The van der Waals surface area contributed by atoms with E-state index in [-0.39, 0.29) is 11.9 Å². The van der Waals surface area contributed by atoms with Crippen LogP contribution < -0.4 is 5.32 Å². The van der Waals surface area contributed by atoms with E-state index in [9.17, 15) is 9.18 Å². The van der Waals surface area contributed by atoms with Crippen molar-refractivity contribution in [3.05, 3.63) is 70.5 Å². The molecule has 0 aliphatic carbocycles. The molecular formula is C25H27ClFN3O2. The van der Waals surface area contributed by atoms with Crippen LogP contribution in [0.1, 0.15) is 38.3 Å². The van der Waals surface area contributed by atoms with E-state index in [0.29, 0.717) is 35.9 Å². The molecule has 32 heavy (non-hydrogen) atoms. The predicted octanol–water partition coefficient (Wildman–Crippen LogP) is 6.28. The third-order valence-corrected chi connectivity index (χ3v) is 6.13. The summed E-state index contributed by atoms with van der Waals surface area (Å²) >= 11 is 6.45. The summed E-state index contributed by atoms with van der Waals surface area (Å²) in [5.41, 5.74) is 1.49. The summed E-state index contributed by atoms with van der Waals surface area (Å²) in [5, 5.41) is 4.98. The van der Waals surface area contributed by atoms with Crippen molar-refractivity contribution in [3.63, 3.8) is 0 Å². The zero-order chi connectivity index (χ0) is 23.1. The smallest absolute Gasteiger partial charge is 0.410 e. The molecule has 1 fully saturated rings. The zero-order valence-corrected chi connectivity index (χ0v) is 19.5. The predicted molar refractivity (Wildman–Crippen MR) is 126 cm³/mol. The fraction of sp³-hybridized carbons (Fsp3) is 0.360. The lowest BCUT2D eigenvalue weighted by atomic mass is 9.85. The molecule has 7 heteroatoms. The first-order valence-corrected chi connectivity index (χ1v) is 11.0. The molecule has 1 aliphatic rings. The van der Waals surface area contributed by atoms with Gasteiger partial charge in [0.15, 0.2) is 0 Å². The topological polar surface area (TPSA) is 54.5 Å². The Morgan fingerprint density at radius 3 is 2.75 bits per heavy atom. The molecule has 0 unspecified atom stereocenters. The number of fused-ring (bicyclic) bond motifs is 1. The van der Waals surface area contributed by atoms with Gasteiger partial charge < -0.3 is 15.0 Å². The standard InChI is InChI=1S/C25H27ClFN3O2/c1-16-19(6-5-7-20(16)26)25(12-13-30(15-25)23(31)32-24(2,3)4)29-22-11-8-17-14-18(27)9-10-21(17)28-22/h5-11,14H,12-13,15H2,1-4H3,(H,28,29)/t25-/m1/s1. The molecule has 5 nitrogen and oxygen atoms in total. The van der Waals surface area contributed by atoms with Crippen LogP contribution in [0.25, 0.3) is 10.9 Å². The van der Waals surface area contributed by atoms with Gasteiger partial charge in [-0.15, -0.1) is 0 Å². The van der Waals surface area contributed by atoms with Gasteiger partial charge in [-0.3, -0.25) is 0 Å². The van der Waals surface area contributed by atoms with E-state index in [1.54, 1.807) is 11.0 Å². The second-order valence-electron chi connectivity index (χ2n) is 9.30. The number of benzene rings is 2. The van der Waals surface area contributed by atoms with E-state index in [1.807, 2.05) is 58.0 Å². The molecule has 1 amide bonds. The van der Waals surface area contributed by atoms with E-state index in [0.717, 1.165) is 16.5 Å². The summed E-state index contributed by atoms with van der Waals surface area (Å²) in [6.45, 7) is 8.49. The van der Waals surface area contributed by atoms with Gasteiger partial charge in [-0.25, -0.2) is 14.2 Å². The van der Waals surface area contributed by atoms with Crippen molar-refractivity contribution in [2.24, 2.45) is 0 Å². The first-order valence-electron chi connectivity index (χ1n) is 10.6. The minimum absolute atomic E-state index is 0.296. The molecule has 3 aromatic rings. The van der Waals surface area contributed by atoms with Crippen molar-refractivity contribution in [1.29, 1.82) is 0 Å². The fourth-order valence-corrected chi connectivity index (χ4v) is 4.39. The minimum Gasteiger partial charge on any atom is -0.444 e. The number of anilines is 1. The van der Waals surface area contributed by atoms with Gasteiger partial charge in [-0.05, 0) is 81.6 Å². The molecule has 2 aromatic carbocycles. The van der Waals surface area contributed by atoms with Gasteiger partial charge in [0.1, 0.15) is 17.2 Å². The van der Waals surface area contributed by atoms with Gasteiger partial charge in [-0.1, -0.05) is 23.7 Å². The lowest BCUT2D eigenvalue weighted by Crippen LogP contribution is -2.42. The molecule has 4 rings (SSSR count). The number of hydrogen-bond acceptors (Lipinski definition) is 4. The SMILES string of the molecule is Cc1c(Cl)cccc1[C@@]1(Nc2ccc3cc(F)ccc3n2)CCN(C(=O)OC(C)(C)C)C1. The van der Waals surface area contributed by atoms with Crippen molar-refractivity contribution < 1.29 is 13.9 Å². The molecule has 1 atom stereocenters. The second kappa shape index (κ2) is 8.24. The molecule has 1 aromatic heterocycles. The van der Waals surface area contributed by atoms with Gasteiger partial charge in [0, 0.05) is 17.0 Å². The molecule has 1 aliphatic heterocycles. The van der Waals surface area contributed by atoms with E-state index < -0.39 is 11.1 Å². The maximum atomic E-state index is 13.6. The Labute approximate surface area is 192 Å². The van der Waals surface area contributed by atoms with Gasteiger partial charge >= 0.3 is 6.09 Å². The van der Waals surface area contributed by atoms with Crippen LogP contribution in [-0.2, 0) is 10.3 Å². The second-order valence-corrected chi connectivity index (χ2v) is 9.71. The summed E-state index contributed by atoms with van der Waals surface area (Å²) < 4.78 is 19.2. The Kier molecular flexibility index (Phi) is 5.76. The Balaban J connectivity index is 1.71. The zero-order valence-electron chi connectivity index (χ0n) is 18.7. The average Bonchev–Trinajstić information content (AvgIpc) is 3.14. The lowest BCUT2D eigenvalue weighted by Gasteiger charge is -2.34. The first-order chi connectivity index (χ1) is 15.1. The van der Waals surface area contributed by atoms with E-state index in [1.165, 1.54) is 12.1 Å². The number of carbonyl (C=O) groups excluding carboxylic acids is 1. The molecule has 1 saturated heterocycles. The lowest BCUT2D eigenvalue weighted by molar-refractivity contribution is 0.0286. The molecule has 0 spiro atoms. The Hall–Kier alpha value is -2.86. The average molecular weight is 456 g/mol. The summed E-state index contributed by atoms with van der Waals surface area (Å²) in [4.78, 5) is 19.2. The van der Waals surface area contributed by atoms with Crippen molar-refractivity contribution >= 4 is 34.4 Å². The number of amides is 1. The Morgan fingerprint density at radius 2 is 2.00 bits per heavy atom. The van der Waals surface area contributed by atoms with Crippen LogP contribution in [0.2, 0.25) is 5.02 Å². The van der Waals surface area contributed by atoms with Crippen LogP contribution in [0.5, 0.6) is 0 Å². The maximum absolute atomic E-state index is 13.6. The van der Waals surface area contributed by atoms with Gasteiger partial charge in [0.25, 0.3) is 0 Å². The monoisotopic (exact) mass is 455 g/mol. The van der Waals surface area contributed by atoms with Crippen molar-refractivity contribution in [2.45, 2.75) is 45.3 Å². The number of aromatic nitrogens is 1. The highest BCUT2D eigenvalue weighted by Crippen LogP contribution is 2.39. The number of hydrogen-bond donors (Lipinski definition) is 1. The fourth-order valence-electron chi connectivity index (χ4n) is 4.22. The number of pyridine rings is 1. The summed E-state index contributed by atoms with van der Waals surface area (Å²) in [7, 11) is 0. The summed E-state index contributed by atoms with van der Waals surface area (Å²) in [6, 6.07) is 14.0. The first kappa shape index (κ1) is 22.3. The summed E-state index contributed by atoms with van der Waals surface area (Å²) in [6.07, 6.45) is 0.319. The molecule has 0 radical (unpaired) electrons. The van der Waals surface area contributed by atoms with E-state index >= 15 is 0 Å². The van der Waals surface area contributed by atoms with Crippen LogP contribution in [0.15, 0.2) is 48.5 Å². The highest BCUT2D eigenvalue weighted by molar-refractivity contribution is 6.31. The Morgan fingerprint density at radius 1 is 1.22 bits per heavy atom. The van der Waals surface area contributed by atoms with Crippen molar-refractivity contribution in [3.8, 4) is 0 Å². The number of rotatable bonds is 3. The van der Waals surface area contributed by atoms with Crippen LogP contribution >= 0.6 is 11.6 Å². The largest absolute Gasteiger partial charge is 0.444 e. The molecule has 1 N–H and O–H groups in total. The quantitative estimate of drug-likeness (QED) is 0.504. The van der Waals surface area contributed by atoms with E-state index in [4.69, 9.17) is 16.3 Å². The number of likely N-dealkylation sites (tertiary alicyclic amines) is 1. The minimum atomic E-state index is -0.591. The molecule has 168 valence electrons. The van der Waals surface area contributed by atoms with Gasteiger partial charge in [0.2, 0.25) is 0 Å². The van der Waals surface area contributed by atoms with Crippen LogP contribution in [0.3, 0.4) is 0 Å². The van der Waals surface area contributed by atoms with Crippen LogP contribution in [-0.4, -0.2) is 34.7 Å². The molecule has 2 heterocycles. The van der Waals surface area contributed by atoms with E-state index in [2.05, 4.69) is 10.3 Å². The highest BCUT2D eigenvalue weighted by Gasteiger charge is 2.44. The third kappa shape index (κ3) is 4.51. The van der Waals surface area contributed by atoms with Gasteiger partial charge in [0.05, 0.1) is 17.6 Å². The normalized spacial score (nSPS) is 18.8.